The number of hydrogen-bond donors (Lipinski definition) is 1. The highest BCUT2D eigenvalue weighted by atomic mass is 79.9. The summed E-state index contributed by atoms with van der Waals surface area (Å²) in [6.45, 7) is 2.27. The van der Waals surface area contributed by atoms with Crippen LogP contribution in [0.1, 0.15) is 29.6 Å². The average molecular weight is 344 g/mol. The quantitative estimate of drug-likeness (QED) is 0.895. The second-order valence-electron chi connectivity index (χ2n) is 5.22. The zero-order valence-electron chi connectivity index (χ0n) is 10.5. The van der Waals surface area contributed by atoms with Crippen molar-refractivity contribution in [3.63, 3.8) is 0 Å². The summed E-state index contributed by atoms with van der Waals surface area (Å²) < 4.78 is 0.760. The van der Waals surface area contributed by atoms with Gasteiger partial charge in [0.25, 0.3) is 5.91 Å². The van der Waals surface area contributed by atoms with Crippen molar-refractivity contribution < 1.29 is 4.79 Å². The molecule has 0 bridgehead atoms. The van der Waals surface area contributed by atoms with Gasteiger partial charge in [-0.2, -0.15) is 0 Å². The number of amides is 1. The Morgan fingerprint density at radius 2 is 2.21 bits per heavy atom. The summed E-state index contributed by atoms with van der Waals surface area (Å²) >= 11 is 9.52. The van der Waals surface area contributed by atoms with Crippen molar-refractivity contribution in [1.29, 1.82) is 0 Å². The van der Waals surface area contributed by atoms with E-state index < -0.39 is 0 Å². The van der Waals surface area contributed by atoms with E-state index in [2.05, 4.69) is 26.1 Å². The summed E-state index contributed by atoms with van der Waals surface area (Å²) in [6.07, 6.45) is 3.48. The molecule has 1 aromatic carbocycles. The number of nitrogens with one attached hydrogen (secondary N) is 1. The van der Waals surface area contributed by atoms with Gasteiger partial charge < -0.3 is 5.32 Å². The number of nitrogens with zero attached hydrogens (tertiary/aromatic N) is 1. The summed E-state index contributed by atoms with van der Waals surface area (Å²) in [7, 11) is 0. The van der Waals surface area contributed by atoms with Crippen molar-refractivity contribution in [2.24, 2.45) is 0 Å². The van der Waals surface area contributed by atoms with Crippen LogP contribution in [0, 0.1) is 0 Å². The van der Waals surface area contributed by atoms with Crippen molar-refractivity contribution in [2.75, 3.05) is 13.1 Å². The smallest absolute Gasteiger partial charge is 0.253 e. The van der Waals surface area contributed by atoms with Gasteiger partial charge in [0.15, 0.2) is 0 Å². The number of benzene rings is 1. The van der Waals surface area contributed by atoms with E-state index in [0.29, 0.717) is 16.6 Å². The van der Waals surface area contributed by atoms with Gasteiger partial charge in [-0.05, 0) is 53.9 Å². The number of fused-ring (bicyclic) bond motifs is 1. The van der Waals surface area contributed by atoms with Gasteiger partial charge in [0.1, 0.15) is 0 Å². The van der Waals surface area contributed by atoms with Gasteiger partial charge in [0, 0.05) is 23.1 Å². The molecule has 2 saturated heterocycles. The molecule has 2 unspecified atom stereocenters. The molecule has 0 aromatic heterocycles. The van der Waals surface area contributed by atoms with Gasteiger partial charge in [0.2, 0.25) is 0 Å². The van der Waals surface area contributed by atoms with Crippen LogP contribution in [-0.4, -0.2) is 36.0 Å². The maximum atomic E-state index is 12.3. The topological polar surface area (TPSA) is 32.3 Å². The van der Waals surface area contributed by atoms with Crippen LogP contribution in [0.2, 0.25) is 5.02 Å². The molecule has 5 heteroatoms. The van der Waals surface area contributed by atoms with E-state index in [9.17, 15) is 4.79 Å². The van der Waals surface area contributed by atoms with Crippen LogP contribution < -0.4 is 5.32 Å². The van der Waals surface area contributed by atoms with Crippen LogP contribution in [-0.2, 0) is 0 Å². The van der Waals surface area contributed by atoms with E-state index in [0.717, 1.165) is 17.4 Å². The van der Waals surface area contributed by atoms with Crippen molar-refractivity contribution >= 4 is 33.4 Å². The molecule has 19 heavy (non-hydrogen) atoms. The van der Waals surface area contributed by atoms with E-state index in [4.69, 9.17) is 11.6 Å². The van der Waals surface area contributed by atoms with Gasteiger partial charge >= 0.3 is 0 Å². The summed E-state index contributed by atoms with van der Waals surface area (Å²) in [5, 5.41) is 3.64. The van der Waals surface area contributed by atoms with Crippen LogP contribution in [0.15, 0.2) is 22.7 Å². The Morgan fingerprint density at radius 3 is 3.05 bits per heavy atom. The predicted octanol–water partition coefficient (Wildman–Crippen LogP) is 3.07. The molecule has 2 atom stereocenters. The minimum absolute atomic E-state index is 0.0648. The largest absolute Gasteiger partial charge is 0.348 e. The van der Waals surface area contributed by atoms with Gasteiger partial charge in [0.05, 0.1) is 10.6 Å². The standard InChI is InChI=1S/C14H16BrClN2O/c15-10-4-1-3-9(13(10)16)14(19)17-11-6-8-18-7-2-5-12(11)18/h1,3-4,11-12H,2,5-8H2,(H,17,19). The molecule has 3 nitrogen and oxygen atoms in total. The van der Waals surface area contributed by atoms with Gasteiger partial charge in [-0.15, -0.1) is 0 Å². The SMILES string of the molecule is O=C(NC1CCN2CCCC12)c1cccc(Br)c1Cl. The third-order valence-corrected chi connectivity index (χ3v) is 5.42. The molecule has 0 radical (unpaired) electrons. The molecule has 0 aliphatic carbocycles. The third-order valence-electron chi connectivity index (χ3n) is 4.12. The Bertz CT molecular complexity index is 508. The number of halogens is 2. The fraction of sp³-hybridized carbons (Fsp3) is 0.500. The van der Waals surface area contributed by atoms with E-state index >= 15 is 0 Å². The molecule has 1 aromatic rings. The molecule has 2 heterocycles. The minimum atomic E-state index is -0.0648. The first-order valence-corrected chi connectivity index (χ1v) is 7.83. The molecule has 2 aliphatic heterocycles. The minimum Gasteiger partial charge on any atom is -0.348 e. The van der Waals surface area contributed by atoms with E-state index in [1.54, 1.807) is 6.07 Å². The first kappa shape index (κ1) is 13.4. The highest BCUT2D eigenvalue weighted by molar-refractivity contribution is 9.10. The molecular formula is C14H16BrClN2O. The Labute approximate surface area is 126 Å². The van der Waals surface area contributed by atoms with Crippen molar-refractivity contribution in [3.8, 4) is 0 Å². The predicted molar refractivity (Wildman–Crippen MR) is 79.6 cm³/mol. The second kappa shape index (κ2) is 5.43. The fourth-order valence-electron chi connectivity index (χ4n) is 3.18. The van der Waals surface area contributed by atoms with Gasteiger partial charge in [-0.25, -0.2) is 0 Å². The molecule has 102 valence electrons. The van der Waals surface area contributed by atoms with Crippen LogP contribution in [0.3, 0.4) is 0 Å². The Kier molecular flexibility index (Phi) is 3.83. The molecular weight excluding hydrogens is 328 g/mol. The number of rotatable bonds is 2. The molecule has 0 saturated carbocycles. The van der Waals surface area contributed by atoms with Crippen LogP contribution in [0.5, 0.6) is 0 Å². The first-order chi connectivity index (χ1) is 9.16. The monoisotopic (exact) mass is 342 g/mol. The molecule has 0 spiro atoms. The summed E-state index contributed by atoms with van der Waals surface area (Å²) in [5.74, 6) is -0.0648. The zero-order valence-corrected chi connectivity index (χ0v) is 12.9. The number of hydrogen-bond acceptors (Lipinski definition) is 2. The van der Waals surface area contributed by atoms with Crippen molar-refractivity contribution in [1.82, 2.24) is 10.2 Å². The highest BCUT2D eigenvalue weighted by Gasteiger charge is 2.38. The maximum absolute atomic E-state index is 12.3. The lowest BCUT2D eigenvalue weighted by atomic mass is 10.1. The number of carbonyl (C=O) groups excluding carboxylic acids is 1. The highest BCUT2D eigenvalue weighted by Crippen LogP contribution is 2.29. The second-order valence-corrected chi connectivity index (χ2v) is 6.45. The summed E-state index contributed by atoms with van der Waals surface area (Å²) in [5.41, 5.74) is 0.549. The van der Waals surface area contributed by atoms with Crippen LogP contribution in [0.25, 0.3) is 0 Å². The lowest BCUT2D eigenvalue weighted by Gasteiger charge is -2.21. The van der Waals surface area contributed by atoms with Crippen LogP contribution >= 0.6 is 27.5 Å². The lowest BCUT2D eigenvalue weighted by molar-refractivity contribution is 0.0929. The first-order valence-electron chi connectivity index (χ1n) is 6.66. The van der Waals surface area contributed by atoms with E-state index in [-0.39, 0.29) is 11.9 Å². The van der Waals surface area contributed by atoms with Crippen molar-refractivity contribution in [2.45, 2.75) is 31.3 Å². The Morgan fingerprint density at radius 1 is 1.37 bits per heavy atom. The van der Waals surface area contributed by atoms with E-state index in [1.165, 1.54) is 19.4 Å². The third kappa shape index (κ3) is 2.54. The summed E-state index contributed by atoms with van der Waals surface area (Å²) in [6, 6.07) is 6.23. The fourth-order valence-corrected chi connectivity index (χ4v) is 3.75. The maximum Gasteiger partial charge on any atom is 0.253 e. The molecule has 1 amide bonds. The molecule has 2 fully saturated rings. The molecule has 3 rings (SSSR count). The lowest BCUT2D eigenvalue weighted by Crippen LogP contribution is -2.42. The normalized spacial score (nSPS) is 26.4. The van der Waals surface area contributed by atoms with Gasteiger partial charge in [-0.1, -0.05) is 17.7 Å². The van der Waals surface area contributed by atoms with Gasteiger partial charge in [-0.3, -0.25) is 9.69 Å². The molecule has 2 aliphatic rings. The van der Waals surface area contributed by atoms with Crippen molar-refractivity contribution in [3.05, 3.63) is 33.3 Å². The Hall–Kier alpha value is -0.580. The molecule has 1 N–H and O–H groups in total. The number of carbonyl (C=O) groups is 1. The zero-order chi connectivity index (χ0) is 13.4. The summed E-state index contributed by atoms with van der Waals surface area (Å²) in [4.78, 5) is 14.8. The van der Waals surface area contributed by atoms with Crippen LogP contribution in [0.4, 0.5) is 0 Å². The average Bonchev–Trinajstić information content (AvgIpc) is 2.97. The van der Waals surface area contributed by atoms with E-state index in [1.807, 2.05) is 12.1 Å². The Balaban J connectivity index is 1.73.